The minimum atomic E-state index is -0.619. The van der Waals surface area contributed by atoms with E-state index < -0.39 is 5.41 Å². The van der Waals surface area contributed by atoms with Crippen LogP contribution in [0.1, 0.15) is 30.4 Å². The summed E-state index contributed by atoms with van der Waals surface area (Å²) in [5.41, 5.74) is 3.85. The largest absolute Gasteiger partial charge is 0.359 e. The van der Waals surface area contributed by atoms with Crippen LogP contribution in [-0.2, 0) is 22.4 Å². The van der Waals surface area contributed by atoms with Gasteiger partial charge < -0.3 is 10.2 Å². The number of piperidine rings is 1. The van der Waals surface area contributed by atoms with Crippen LogP contribution < -0.4 is 5.32 Å². The molecule has 1 saturated heterocycles. The molecule has 0 saturated carbocycles. The van der Waals surface area contributed by atoms with Gasteiger partial charge in [-0.05, 0) is 60.1 Å². The summed E-state index contributed by atoms with van der Waals surface area (Å²) in [7, 11) is 1.69. The first-order valence-electron chi connectivity index (χ1n) is 11.6. The normalized spacial score (nSPS) is 18.0. The third-order valence-corrected chi connectivity index (χ3v) is 6.59. The lowest BCUT2D eigenvalue weighted by atomic mass is 9.74. The number of likely N-dealkylation sites (tertiary alicyclic amines) is 1. The number of carbonyl (C=O) groups excluding carboxylic acids is 2. The van der Waals surface area contributed by atoms with Crippen LogP contribution in [0.2, 0.25) is 0 Å². The highest BCUT2D eigenvalue weighted by Gasteiger charge is 2.42. The third-order valence-electron chi connectivity index (χ3n) is 6.59. The fourth-order valence-corrected chi connectivity index (χ4v) is 4.87. The van der Waals surface area contributed by atoms with E-state index in [-0.39, 0.29) is 11.8 Å². The van der Waals surface area contributed by atoms with Gasteiger partial charge >= 0.3 is 0 Å². The average Bonchev–Trinajstić information content (AvgIpc) is 2.88. The molecule has 5 nitrogen and oxygen atoms in total. The van der Waals surface area contributed by atoms with Crippen molar-refractivity contribution in [1.29, 1.82) is 0 Å². The van der Waals surface area contributed by atoms with Gasteiger partial charge in [0.2, 0.25) is 11.8 Å². The predicted octanol–water partition coefficient (Wildman–Crippen LogP) is 4.28. The number of benzene rings is 2. The highest BCUT2D eigenvalue weighted by atomic mass is 16.2. The summed E-state index contributed by atoms with van der Waals surface area (Å²) in [6.45, 7) is 1.17. The molecule has 1 atom stereocenters. The standard InChI is InChI=1S/C28H31N3O2/c1-29-27(33)28(20-23-9-5-10-25(19-23)24-13-16-30-17-14-24)15-6-18-31(21-28)26(32)12-11-22-7-3-2-4-8-22/h2-5,7-10,13-14,16-17,19H,6,11-12,15,18,20-21H2,1H3,(H,29,33)/t28-/m1/s1. The van der Waals surface area contributed by atoms with Crippen molar-refractivity contribution in [2.45, 2.75) is 32.1 Å². The number of aryl methyl sites for hydroxylation is 1. The Balaban J connectivity index is 1.51. The summed E-state index contributed by atoms with van der Waals surface area (Å²) < 4.78 is 0. The minimum absolute atomic E-state index is 0.0115. The maximum absolute atomic E-state index is 13.1. The van der Waals surface area contributed by atoms with Crippen LogP contribution in [-0.4, -0.2) is 41.8 Å². The summed E-state index contributed by atoms with van der Waals surface area (Å²) >= 11 is 0. The van der Waals surface area contributed by atoms with E-state index in [9.17, 15) is 9.59 Å². The Kier molecular flexibility index (Phi) is 7.18. The Morgan fingerprint density at radius 3 is 2.48 bits per heavy atom. The fourth-order valence-electron chi connectivity index (χ4n) is 4.87. The van der Waals surface area contributed by atoms with Crippen LogP contribution in [0.3, 0.4) is 0 Å². The molecule has 2 aromatic carbocycles. The molecule has 4 rings (SSSR count). The highest BCUT2D eigenvalue weighted by Crippen LogP contribution is 2.35. The molecule has 2 amide bonds. The maximum Gasteiger partial charge on any atom is 0.228 e. The van der Waals surface area contributed by atoms with Crippen molar-refractivity contribution in [3.8, 4) is 11.1 Å². The fraction of sp³-hybridized carbons (Fsp3) is 0.321. The molecule has 3 aromatic rings. The summed E-state index contributed by atoms with van der Waals surface area (Å²) in [6.07, 6.45) is 6.96. The van der Waals surface area contributed by atoms with Crippen molar-refractivity contribution in [3.05, 3.63) is 90.3 Å². The number of carbonyl (C=O) groups is 2. The SMILES string of the molecule is CNC(=O)[C@@]1(Cc2cccc(-c3ccncc3)c2)CCCN(C(=O)CCc2ccccc2)C1. The molecule has 1 aliphatic rings. The number of hydrogen-bond donors (Lipinski definition) is 1. The van der Waals surface area contributed by atoms with Gasteiger partial charge in [-0.1, -0.05) is 54.6 Å². The quantitative estimate of drug-likeness (QED) is 0.595. The molecule has 1 aromatic heterocycles. The van der Waals surface area contributed by atoms with Crippen LogP contribution in [0.5, 0.6) is 0 Å². The second kappa shape index (κ2) is 10.4. The van der Waals surface area contributed by atoms with Crippen LogP contribution >= 0.6 is 0 Å². The van der Waals surface area contributed by atoms with Crippen molar-refractivity contribution in [1.82, 2.24) is 15.2 Å². The maximum atomic E-state index is 13.1. The van der Waals surface area contributed by atoms with E-state index in [1.807, 2.05) is 53.4 Å². The van der Waals surface area contributed by atoms with E-state index in [0.717, 1.165) is 41.5 Å². The second-order valence-corrected chi connectivity index (χ2v) is 8.88. The minimum Gasteiger partial charge on any atom is -0.359 e. The topological polar surface area (TPSA) is 62.3 Å². The lowest BCUT2D eigenvalue weighted by molar-refractivity contribution is -0.141. The summed E-state index contributed by atoms with van der Waals surface area (Å²) in [5.74, 6) is 0.134. The highest BCUT2D eigenvalue weighted by molar-refractivity contribution is 5.85. The van der Waals surface area contributed by atoms with Gasteiger partial charge in [0.05, 0.1) is 5.41 Å². The molecule has 1 N–H and O–H groups in total. The molecule has 2 heterocycles. The molecular formula is C28H31N3O2. The third kappa shape index (κ3) is 5.48. The molecule has 1 aliphatic heterocycles. The molecule has 1 fully saturated rings. The first-order valence-corrected chi connectivity index (χ1v) is 11.6. The van der Waals surface area contributed by atoms with Crippen LogP contribution in [0.15, 0.2) is 79.1 Å². The zero-order valence-corrected chi connectivity index (χ0v) is 19.2. The average molecular weight is 442 g/mol. The first kappa shape index (κ1) is 22.7. The van der Waals surface area contributed by atoms with Gasteiger partial charge in [0.15, 0.2) is 0 Å². The molecular weight excluding hydrogens is 410 g/mol. The number of nitrogens with zero attached hydrogens (tertiary/aromatic N) is 2. The Morgan fingerprint density at radius 2 is 1.73 bits per heavy atom. The monoisotopic (exact) mass is 441 g/mol. The van der Waals surface area contributed by atoms with Gasteiger partial charge in [-0.25, -0.2) is 0 Å². The van der Waals surface area contributed by atoms with Crippen molar-refractivity contribution >= 4 is 11.8 Å². The lowest BCUT2D eigenvalue weighted by Gasteiger charge is -2.41. The Labute approximate surface area is 195 Å². The molecule has 33 heavy (non-hydrogen) atoms. The summed E-state index contributed by atoms with van der Waals surface area (Å²) in [6, 6.07) is 22.4. The number of rotatable bonds is 7. The van der Waals surface area contributed by atoms with E-state index in [0.29, 0.717) is 25.9 Å². The van der Waals surface area contributed by atoms with Gasteiger partial charge in [0.1, 0.15) is 0 Å². The Morgan fingerprint density at radius 1 is 0.970 bits per heavy atom. The number of aromatic nitrogens is 1. The van der Waals surface area contributed by atoms with Crippen LogP contribution in [0.25, 0.3) is 11.1 Å². The number of amides is 2. The molecule has 0 aliphatic carbocycles. The second-order valence-electron chi connectivity index (χ2n) is 8.88. The molecule has 5 heteroatoms. The van der Waals surface area contributed by atoms with Gasteiger partial charge in [0, 0.05) is 39.0 Å². The molecule has 0 bridgehead atoms. The van der Waals surface area contributed by atoms with Gasteiger partial charge in [-0.15, -0.1) is 0 Å². The van der Waals surface area contributed by atoms with Gasteiger partial charge in [-0.2, -0.15) is 0 Å². The van der Waals surface area contributed by atoms with Crippen molar-refractivity contribution in [3.63, 3.8) is 0 Å². The van der Waals surface area contributed by atoms with Gasteiger partial charge in [-0.3, -0.25) is 14.6 Å². The first-order chi connectivity index (χ1) is 16.1. The molecule has 0 radical (unpaired) electrons. The number of nitrogens with one attached hydrogen (secondary N) is 1. The summed E-state index contributed by atoms with van der Waals surface area (Å²) in [4.78, 5) is 32.2. The zero-order chi connectivity index (χ0) is 23.1. The van der Waals surface area contributed by atoms with E-state index in [1.54, 1.807) is 19.4 Å². The Bertz CT molecular complexity index is 1080. The molecule has 0 spiro atoms. The van der Waals surface area contributed by atoms with Crippen molar-refractivity contribution in [2.75, 3.05) is 20.1 Å². The van der Waals surface area contributed by atoms with E-state index in [4.69, 9.17) is 0 Å². The van der Waals surface area contributed by atoms with Crippen molar-refractivity contribution in [2.24, 2.45) is 5.41 Å². The predicted molar refractivity (Wildman–Crippen MR) is 130 cm³/mol. The Hall–Kier alpha value is -3.47. The molecule has 170 valence electrons. The van der Waals surface area contributed by atoms with Gasteiger partial charge in [0.25, 0.3) is 0 Å². The number of pyridine rings is 1. The van der Waals surface area contributed by atoms with Crippen LogP contribution in [0, 0.1) is 5.41 Å². The lowest BCUT2D eigenvalue weighted by Crippen LogP contribution is -2.54. The zero-order valence-electron chi connectivity index (χ0n) is 19.2. The van der Waals surface area contributed by atoms with Crippen molar-refractivity contribution < 1.29 is 9.59 Å². The van der Waals surface area contributed by atoms with E-state index >= 15 is 0 Å². The number of hydrogen-bond acceptors (Lipinski definition) is 3. The van der Waals surface area contributed by atoms with E-state index in [1.165, 1.54) is 0 Å². The smallest absolute Gasteiger partial charge is 0.228 e. The van der Waals surface area contributed by atoms with Crippen LogP contribution in [0.4, 0.5) is 0 Å². The van der Waals surface area contributed by atoms with E-state index in [2.05, 4.69) is 28.5 Å². The molecule has 0 unspecified atom stereocenters. The summed E-state index contributed by atoms with van der Waals surface area (Å²) in [5, 5.41) is 2.87.